The van der Waals surface area contributed by atoms with E-state index in [1.54, 1.807) is 18.3 Å². The first kappa shape index (κ1) is 18.1. The van der Waals surface area contributed by atoms with Crippen molar-refractivity contribution in [2.75, 3.05) is 28.2 Å². The van der Waals surface area contributed by atoms with E-state index in [9.17, 15) is 4.79 Å². The lowest BCUT2D eigenvalue weighted by molar-refractivity contribution is 0.255. The van der Waals surface area contributed by atoms with Crippen LogP contribution in [0.4, 0.5) is 22.0 Å². The van der Waals surface area contributed by atoms with Crippen molar-refractivity contribution in [1.82, 2.24) is 9.97 Å². The van der Waals surface area contributed by atoms with E-state index in [-0.39, 0.29) is 12.1 Å². The number of nitrogens with zero attached hydrogens (tertiary/aromatic N) is 4. The van der Waals surface area contributed by atoms with Gasteiger partial charge in [-0.25, -0.2) is 14.8 Å². The topological polar surface area (TPSA) is 61.4 Å². The molecule has 0 radical (unpaired) electrons. The van der Waals surface area contributed by atoms with Crippen LogP contribution in [-0.2, 0) is 0 Å². The molecular formula is C22H20BrN5O. The van der Waals surface area contributed by atoms with E-state index in [1.165, 1.54) is 5.56 Å². The molecule has 6 nitrogen and oxygen atoms in total. The third-order valence-electron chi connectivity index (χ3n) is 5.46. The number of pyridine rings is 2. The Morgan fingerprint density at radius 1 is 1.21 bits per heavy atom. The molecule has 29 heavy (non-hydrogen) atoms. The molecule has 1 aromatic carbocycles. The number of hydrogen-bond donors (Lipinski definition) is 1. The van der Waals surface area contributed by atoms with Gasteiger partial charge < -0.3 is 10.2 Å². The standard InChI is InChI=1S/C22H20BrN5O/c1-14-3-2-4-15(11-14)18-5-6-19-21(26-18)28(17-8-10-27(19)13-17)22(29)25-16-7-9-24-20(23)12-16/h2-7,9,11-12,17H,8,10,13H2,1H3,(H,24,25,29)/t17-/m0/s1. The number of urea groups is 1. The summed E-state index contributed by atoms with van der Waals surface area (Å²) in [7, 11) is 0. The predicted octanol–water partition coefficient (Wildman–Crippen LogP) is 4.85. The van der Waals surface area contributed by atoms with Gasteiger partial charge in [0.2, 0.25) is 0 Å². The summed E-state index contributed by atoms with van der Waals surface area (Å²) in [6, 6.07) is 15.9. The van der Waals surface area contributed by atoms with E-state index >= 15 is 0 Å². The van der Waals surface area contributed by atoms with Crippen LogP contribution in [0.3, 0.4) is 0 Å². The van der Waals surface area contributed by atoms with E-state index < -0.39 is 0 Å². The minimum atomic E-state index is -0.162. The van der Waals surface area contributed by atoms with Crippen molar-refractivity contribution in [3.8, 4) is 11.3 Å². The molecule has 3 aromatic rings. The predicted molar refractivity (Wildman–Crippen MR) is 118 cm³/mol. The van der Waals surface area contributed by atoms with E-state index in [0.29, 0.717) is 10.3 Å². The van der Waals surface area contributed by atoms with Crippen LogP contribution < -0.4 is 15.1 Å². The van der Waals surface area contributed by atoms with Gasteiger partial charge in [-0.3, -0.25) is 4.90 Å². The van der Waals surface area contributed by atoms with Crippen molar-refractivity contribution < 1.29 is 4.79 Å². The normalized spacial score (nSPS) is 17.2. The zero-order valence-corrected chi connectivity index (χ0v) is 17.6. The number of fused-ring (bicyclic) bond motifs is 4. The summed E-state index contributed by atoms with van der Waals surface area (Å²) in [6.45, 7) is 3.85. The molecule has 1 fully saturated rings. The molecule has 2 aromatic heterocycles. The smallest absolute Gasteiger partial charge is 0.327 e. The van der Waals surface area contributed by atoms with E-state index in [1.807, 2.05) is 17.0 Å². The van der Waals surface area contributed by atoms with Crippen molar-refractivity contribution in [2.45, 2.75) is 19.4 Å². The Hall–Kier alpha value is -2.93. The highest BCUT2D eigenvalue weighted by Crippen LogP contribution is 2.40. The fourth-order valence-corrected chi connectivity index (χ4v) is 4.47. The minimum absolute atomic E-state index is 0.119. The van der Waals surface area contributed by atoms with Gasteiger partial charge in [0.15, 0.2) is 5.82 Å². The second-order valence-corrected chi connectivity index (χ2v) is 8.28. The second kappa shape index (κ2) is 7.15. The van der Waals surface area contributed by atoms with Crippen LogP contribution in [0.25, 0.3) is 11.3 Å². The molecule has 2 aliphatic heterocycles. The van der Waals surface area contributed by atoms with Gasteiger partial charge in [-0.2, -0.15) is 0 Å². The van der Waals surface area contributed by atoms with E-state index in [4.69, 9.17) is 4.98 Å². The summed E-state index contributed by atoms with van der Waals surface area (Å²) in [5.74, 6) is 0.725. The van der Waals surface area contributed by atoms with Gasteiger partial charge in [-0.15, -0.1) is 0 Å². The number of carbonyl (C=O) groups excluding carboxylic acids is 1. The van der Waals surface area contributed by atoms with Crippen LogP contribution >= 0.6 is 15.9 Å². The molecule has 0 saturated carbocycles. The lowest BCUT2D eigenvalue weighted by Crippen LogP contribution is -2.48. The van der Waals surface area contributed by atoms with Gasteiger partial charge >= 0.3 is 6.03 Å². The molecule has 2 aliphatic rings. The zero-order chi connectivity index (χ0) is 20.0. The molecule has 1 N–H and O–H groups in total. The fraction of sp³-hybridized carbons (Fsp3) is 0.227. The van der Waals surface area contributed by atoms with E-state index in [0.717, 1.165) is 42.3 Å². The van der Waals surface area contributed by atoms with Gasteiger partial charge in [0, 0.05) is 30.5 Å². The first-order valence-electron chi connectivity index (χ1n) is 9.63. The molecule has 0 unspecified atom stereocenters. The maximum atomic E-state index is 13.3. The van der Waals surface area contributed by atoms with Crippen LogP contribution in [0, 0.1) is 6.92 Å². The number of amides is 2. The molecular weight excluding hydrogens is 430 g/mol. The highest BCUT2D eigenvalue weighted by atomic mass is 79.9. The highest BCUT2D eigenvalue weighted by Gasteiger charge is 2.40. The summed E-state index contributed by atoms with van der Waals surface area (Å²) in [5.41, 5.74) is 4.83. The molecule has 1 saturated heterocycles. The molecule has 146 valence electrons. The van der Waals surface area contributed by atoms with Crippen molar-refractivity contribution in [3.63, 3.8) is 0 Å². The summed E-state index contributed by atoms with van der Waals surface area (Å²) >= 11 is 3.35. The molecule has 4 heterocycles. The fourth-order valence-electron chi connectivity index (χ4n) is 4.10. The SMILES string of the molecule is Cc1cccc(-c2ccc3c(n2)N(C(=O)Nc2ccnc(Br)c2)[C@H]2CCN3C2)c1. The summed E-state index contributed by atoms with van der Waals surface area (Å²) in [5, 5.41) is 3.00. The Morgan fingerprint density at radius 2 is 2.10 bits per heavy atom. The Kier molecular flexibility index (Phi) is 4.47. The molecule has 2 amide bonds. The monoisotopic (exact) mass is 449 g/mol. The lowest BCUT2D eigenvalue weighted by atomic mass is 10.1. The van der Waals surface area contributed by atoms with Gasteiger partial charge in [0.1, 0.15) is 4.60 Å². The van der Waals surface area contributed by atoms with Crippen LogP contribution in [0.15, 0.2) is 59.3 Å². The van der Waals surface area contributed by atoms with Crippen LogP contribution in [-0.4, -0.2) is 35.1 Å². The number of benzene rings is 1. The number of nitrogens with one attached hydrogen (secondary N) is 1. The van der Waals surface area contributed by atoms with Crippen LogP contribution in [0.5, 0.6) is 0 Å². The molecule has 1 atom stereocenters. The third-order valence-corrected chi connectivity index (χ3v) is 5.90. The third kappa shape index (κ3) is 3.35. The molecule has 2 bridgehead atoms. The maximum Gasteiger partial charge on any atom is 0.327 e. The van der Waals surface area contributed by atoms with E-state index in [2.05, 4.69) is 62.3 Å². The Morgan fingerprint density at radius 3 is 2.93 bits per heavy atom. The Bertz CT molecular complexity index is 1100. The van der Waals surface area contributed by atoms with Gasteiger partial charge in [0.05, 0.1) is 17.4 Å². The number of anilines is 3. The first-order chi connectivity index (χ1) is 14.1. The number of carbonyl (C=O) groups is 1. The minimum Gasteiger partial charge on any atom is -0.366 e. The zero-order valence-electron chi connectivity index (χ0n) is 16.0. The number of hydrogen-bond acceptors (Lipinski definition) is 4. The van der Waals surface area contributed by atoms with Gasteiger partial charge in [-0.1, -0.05) is 23.8 Å². The number of halogens is 1. The van der Waals surface area contributed by atoms with Crippen molar-refractivity contribution >= 4 is 39.2 Å². The lowest BCUT2D eigenvalue weighted by Gasteiger charge is -2.36. The van der Waals surface area contributed by atoms with Crippen LogP contribution in [0.2, 0.25) is 0 Å². The summed E-state index contributed by atoms with van der Waals surface area (Å²) in [4.78, 5) is 26.4. The summed E-state index contributed by atoms with van der Waals surface area (Å²) in [6.07, 6.45) is 2.60. The average molecular weight is 450 g/mol. The van der Waals surface area contributed by atoms with Gasteiger partial charge in [0.25, 0.3) is 0 Å². The molecule has 0 spiro atoms. The summed E-state index contributed by atoms with van der Waals surface area (Å²) < 4.78 is 0.682. The van der Waals surface area contributed by atoms with Gasteiger partial charge in [-0.05, 0) is 59.6 Å². The van der Waals surface area contributed by atoms with Crippen molar-refractivity contribution in [3.05, 3.63) is 64.9 Å². The average Bonchev–Trinajstić information content (AvgIpc) is 3.12. The Labute approximate surface area is 177 Å². The molecule has 5 rings (SSSR count). The van der Waals surface area contributed by atoms with Crippen molar-refractivity contribution in [2.24, 2.45) is 0 Å². The quantitative estimate of drug-likeness (QED) is 0.568. The molecule has 0 aliphatic carbocycles. The largest absolute Gasteiger partial charge is 0.366 e. The molecule has 7 heteroatoms. The highest BCUT2D eigenvalue weighted by molar-refractivity contribution is 9.10. The second-order valence-electron chi connectivity index (χ2n) is 7.46. The Balaban J connectivity index is 1.53. The first-order valence-corrected chi connectivity index (χ1v) is 10.4. The number of rotatable bonds is 2. The maximum absolute atomic E-state index is 13.3. The van der Waals surface area contributed by atoms with Crippen molar-refractivity contribution in [1.29, 1.82) is 0 Å². The number of aromatic nitrogens is 2. The van der Waals surface area contributed by atoms with Crippen LogP contribution in [0.1, 0.15) is 12.0 Å². The number of aryl methyl sites for hydroxylation is 1.